The molecule has 21 heavy (non-hydrogen) atoms. The summed E-state index contributed by atoms with van der Waals surface area (Å²) < 4.78 is 23.0. The van der Waals surface area contributed by atoms with Crippen LogP contribution in [0.2, 0.25) is 0 Å². The highest BCUT2D eigenvalue weighted by Gasteiger charge is 2.56. The molecular formula is C14H27NO6. The van der Waals surface area contributed by atoms with Gasteiger partial charge in [-0.1, -0.05) is 0 Å². The Hall–Kier alpha value is -0.280. The molecule has 2 saturated heterocycles. The predicted octanol–water partition coefficient (Wildman–Crippen LogP) is -0.447. The van der Waals surface area contributed by atoms with Crippen molar-refractivity contribution in [2.75, 3.05) is 33.9 Å². The van der Waals surface area contributed by atoms with E-state index >= 15 is 0 Å². The molecule has 0 aliphatic carbocycles. The number of nitrogens with zero attached hydrogens (tertiary/aromatic N) is 1. The Bertz CT molecular complexity index is 337. The first-order valence-electron chi connectivity index (χ1n) is 7.40. The molecule has 2 rings (SSSR count). The topological polar surface area (TPSA) is 80.6 Å². The molecule has 0 bridgehead atoms. The fraction of sp³-hybridized carbons (Fsp3) is 1.00. The number of rotatable bonds is 7. The van der Waals surface area contributed by atoms with Crippen LogP contribution < -0.4 is 0 Å². The molecule has 0 aromatic heterocycles. The number of aliphatic hydroxyl groups is 2. The summed E-state index contributed by atoms with van der Waals surface area (Å²) >= 11 is 0. The van der Waals surface area contributed by atoms with Crippen molar-refractivity contribution in [1.29, 1.82) is 0 Å². The van der Waals surface area contributed by atoms with E-state index in [0.717, 1.165) is 13.0 Å². The van der Waals surface area contributed by atoms with Gasteiger partial charge in [-0.25, -0.2) is 0 Å². The summed E-state index contributed by atoms with van der Waals surface area (Å²) in [7, 11) is 4.01. The fourth-order valence-corrected chi connectivity index (χ4v) is 2.71. The zero-order valence-corrected chi connectivity index (χ0v) is 13.2. The summed E-state index contributed by atoms with van der Waals surface area (Å²) in [5.74, 6) is -0.726. The fourth-order valence-electron chi connectivity index (χ4n) is 2.71. The van der Waals surface area contributed by atoms with Gasteiger partial charge < -0.3 is 34.1 Å². The largest absolute Gasteiger partial charge is 0.394 e. The molecule has 5 atom stereocenters. The van der Waals surface area contributed by atoms with Gasteiger partial charge in [-0.2, -0.15) is 0 Å². The molecule has 0 amide bonds. The van der Waals surface area contributed by atoms with E-state index in [-0.39, 0.29) is 12.7 Å². The van der Waals surface area contributed by atoms with E-state index in [1.165, 1.54) is 0 Å². The maximum atomic E-state index is 9.88. The summed E-state index contributed by atoms with van der Waals surface area (Å²) in [6.45, 7) is 4.70. The molecule has 124 valence electrons. The van der Waals surface area contributed by atoms with Gasteiger partial charge in [0.2, 0.25) is 0 Å². The first kappa shape index (κ1) is 17.1. The molecule has 0 saturated carbocycles. The van der Waals surface area contributed by atoms with Gasteiger partial charge in [0.15, 0.2) is 12.1 Å². The molecular weight excluding hydrogens is 278 g/mol. The van der Waals surface area contributed by atoms with Crippen LogP contribution in [0.1, 0.15) is 20.3 Å². The molecule has 2 heterocycles. The normalized spacial score (nSPS) is 36.1. The molecule has 7 nitrogen and oxygen atoms in total. The highest BCUT2D eigenvalue weighted by Crippen LogP contribution is 2.39. The SMILES string of the molecule is CN(C)CCCO[C@@H]1[C@H]2OC(C)(C)O[C@H]2O[C@@H]1[C@@H](O)CO. The maximum absolute atomic E-state index is 9.88. The van der Waals surface area contributed by atoms with Crippen molar-refractivity contribution >= 4 is 0 Å². The number of hydrogen-bond acceptors (Lipinski definition) is 7. The van der Waals surface area contributed by atoms with Gasteiger partial charge in [-0.3, -0.25) is 0 Å². The summed E-state index contributed by atoms with van der Waals surface area (Å²) in [5, 5.41) is 19.0. The second-order valence-corrected chi connectivity index (χ2v) is 6.31. The van der Waals surface area contributed by atoms with Crippen LogP contribution >= 0.6 is 0 Å². The summed E-state index contributed by atoms with van der Waals surface area (Å²) in [5.41, 5.74) is 0. The van der Waals surface area contributed by atoms with E-state index in [4.69, 9.17) is 24.1 Å². The van der Waals surface area contributed by atoms with Crippen molar-refractivity contribution in [2.24, 2.45) is 0 Å². The van der Waals surface area contributed by atoms with Gasteiger partial charge in [0.05, 0.1) is 6.61 Å². The van der Waals surface area contributed by atoms with Crippen LogP contribution in [0, 0.1) is 0 Å². The molecule has 0 spiro atoms. The van der Waals surface area contributed by atoms with Gasteiger partial charge in [-0.05, 0) is 40.9 Å². The lowest BCUT2D eigenvalue weighted by Crippen LogP contribution is -2.44. The third kappa shape index (κ3) is 4.13. The Morgan fingerprint density at radius 2 is 2.00 bits per heavy atom. The average molecular weight is 305 g/mol. The molecule has 0 unspecified atom stereocenters. The van der Waals surface area contributed by atoms with Gasteiger partial charge in [0.1, 0.15) is 24.4 Å². The van der Waals surface area contributed by atoms with Crippen molar-refractivity contribution in [3.63, 3.8) is 0 Å². The smallest absolute Gasteiger partial charge is 0.190 e. The van der Waals surface area contributed by atoms with E-state index in [2.05, 4.69) is 4.90 Å². The molecule has 0 aromatic rings. The van der Waals surface area contributed by atoms with Gasteiger partial charge in [0.25, 0.3) is 0 Å². The summed E-state index contributed by atoms with van der Waals surface area (Å²) in [4.78, 5) is 2.08. The molecule has 2 aliphatic heterocycles. The van der Waals surface area contributed by atoms with E-state index < -0.39 is 30.4 Å². The monoisotopic (exact) mass is 305 g/mol. The Morgan fingerprint density at radius 1 is 1.29 bits per heavy atom. The molecule has 2 N–H and O–H groups in total. The highest BCUT2D eigenvalue weighted by molar-refractivity contribution is 4.96. The molecule has 2 fully saturated rings. The second-order valence-electron chi connectivity index (χ2n) is 6.31. The summed E-state index contributed by atoms with van der Waals surface area (Å²) in [6, 6.07) is 0. The van der Waals surface area contributed by atoms with Crippen LogP contribution in [-0.4, -0.2) is 85.5 Å². The molecule has 2 aliphatic rings. The Labute approximate surface area is 125 Å². The quantitative estimate of drug-likeness (QED) is 0.617. The Kier molecular flexibility index (Phi) is 5.59. The third-order valence-corrected chi connectivity index (χ3v) is 3.65. The zero-order valence-electron chi connectivity index (χ0n) is 13.2. The van der Waals surface area contributed by atoms with Crippen molar-refractivity contribution in [2.45, 2.75) is 56.8 Å². The van der Waals surface area contributed by atoms with Gasteiger partial charge >= 0.3 is 0 Å². The number of hydrogen-bond donors (Lipinski definition) is 2. The van der Waals surface area contributed by atoms with Gasteiger partial charge in [0, 0.05) is 6.61 Å². The Morgan fingerprint density at radius 3 is 2.62 bits per heavy atom. The first-order chi connectivity index (χ1) is 9.84. The molecule has 0 radical (unpaired) electrons. The molecule has 7 heteroatoms. The first-order valence-corrected chi connectivity index (χ1v) is 7.40. The minimum absolute atomic E-state index is 0.384. The van der Waals surface area contributed by atoms with Crippen LogP contribution in [0.15, 0.2) is 0 Å². The lowest BCUT2D eigenvalue weighted by Gasteiger charge is -2.28. The zero-order chi connectivity index (χ0) is 15.6. The van der Waals surface area contributed by atoms with Crippen LogP contribution in [0.3, 0.4) is 0 Å². The van der Waals surface area contributed by atoms with E-state index in [0.29, 0.717) is 6.61 Å². The van der Waals surface area contributed by atoms with Crippen molar-refractivity contribution < 1.29 is 29.2 Å². The van der Waals surface area contributed by atoms with E-state index in [1.54, 1.807) is 0 Å². The van der Waals surface area contributed by atoms with Crippen LogP contribution in [0.5, 0.6) is 0 Å². The number of aliphatic hydroxyl groups excluding tert-OH is 2. The lowest BCUT2D eigenvalue weighted by molar-refractivity contribution is -0.231. The maximum Gasteiger partial charge on any atom is 0.190 e. The minimum atomic E-state index is -1.01. The molecule has 0 aromatic carbocycles. The van der Waals surface area contributed by atoms with Crippen LogP contribution in [-0.2, 0) is 18.9 Å². The standard InChI is InChI=1S/C14H27NO6/c1-14(2)20-12-11(18-7-5-6-15(3)4)10(9(17)8-16)19-13(12)21-14/h9-13,16-17H,5-8H2,1-4H3/t9-,10+,11-,12+,13+/m0/s1. The van der Waals surface area contributed by atoms with E-state index in [1.807, 2.05) is 27.9 Å². The van der Waals surface area contributed by atoms with Crippen LogP contribution in [0.4, 0.5) is 0 Å². The van der Waals surface area contributed by atoms with Crippen molar-refractivity contribution in [1.82, 2.24) is 4.90 Å². The lowest BCUT2D eigenvalue weighted by atomic mass is 10.1. The number of ether oxygens (including phenoxy) is 4. The van der Waals surface area contributed by atoms with E-state index in [9.17, 15) is 5.11 Å². The minimum Gasteiger partial charge on any atom is -0.394 e. The van der Waals surface area contributed by atoms with Crippen molar-refractivity contribution in [3.05, 3.63) is 0 Å². The Balaban J connectivity index is 1.94. The summed E-state index contributed by atoms with van der Waals surface area (Å²) in [6.07, 6.45) is -2.17. The van der Waals surface area contributed by atoms with Gasteiger partial charge in [-0.15, -0.1) is 0 Å². The third-order valence-electron chi connectivity index (χ3n) is 3.65. The van der Waals surface area contributed by atoms with Crippen LogP contribution in [0.25, 0.3) is 0 Å². The number of fused-ring (bicyclic) bond motifs is 1. The van der Waals surface area contributed by atoms with Crippen molar-refractivity contribution in [3.8, 4) is 0 Å². The second kappa shape index (κ2) is 6.87. The average Bonchev–Trinajstić information content (AvgIpc) is 2.86. The highest BCUT2D eigenvalue weighted by atomic mass is 16.8. The predicted molar refractivity (Wildman–Crippen MR) is 74.7 cm³/mol.